The van der Waals surface area contributed by atoms with E-state index in [1.165, 1.54) is 17.5 Å². The SMILES string of the molecule is Cc1ccccc1CN(C)CCC(C)CN. The van der Waals surface area contributed by atoms with Gasteiger partial charge >= 0.3 is 0 Å². The molecular formula is C14H24N2. The topological polar surface area (TPSA) is 29.3 Å². The highest BCUT2D eigenvalue weighted by Gasteiger charge is 2.05. The van der Waals surface area contributed by atoms with Crippen molar-refractivity contribution in [2.45, 2.75) is 26.8 Å². The van der Waals surface area contributed by atoms with Gasteiger partial charge in [-0.15, -0.1) is 0 Å². The van der Waals surface area contributed by atoms with Gasteiger partial charge in [-0.2, -0.15) is 0 Å². The highest BCUT2D eigenvalue weighted by atomic mass is 15.1. The van der Waals surface area contributed by atoms with Gasteiger partial charge in [0.25, 0.3) is 0 Å². The maximum absolute atomic E-state index is 5.62. The molecule has 0 saturated heterocycles. The lowest BCUT2D eigenvalue weighted by Gasteiger charge is -2.19. The Morgan fingerprint density at radius 2 is 2.00 bits per heavy atom. The lowest BCUT2D eigenvalue weighted by atomic mass is 10.1. The molecular weight excluding hydrogens is 196 g/mol. The van der Waals surface area contributed by atoms with Gasteiger partial charge in [0.05, 0.1) is 0 Å². The van der Waals surface area contributed by atoms with Crippen molar-refractivity contribution in [1.82, 2.24) is 4.90 Å². The second kappa shape index (κ2) is 6.66. The summed E-state index contributed by atoms with van der Waals surface area (Å²) in [5, 5.41) is 0. The van der Waals surface area contributed by atoms with Gasteiger partial charge in [-0.25, -0.2) is 0 Å². The van der Waals surface area contributed by atoms with Crippen molar-refractivity contribution in [3.63, 3.8) is 0 Å². The summed E-state index contributed by atoms with van der Waals surface area (Å²) in [7, 11) is 2.18. The lowest BCUT2D eigenvalue weighted by molar-refractivity contribution is 0.299. The van der Waals surface area contributed by atoms with E-state index in [2.05, 4.69) is 50.1 Å². The molecule has 1 aromatic carbocycles. The van der Waals surface area contributed by atoms with Gasteiger partial charge in [0.1, 0.15) is 0 Å². The Morgan fingerprint density at radius 1 is 1.31 bits per heavy atom. The van der Waals surface area contributed by atoms with E-state index in [1.54, 1.807) is 0 Å². The zero-order valence-corrected chi connectivity index (χ0v) is 10.7. The summed E-state index contributed by atoms with van der Waals surface area (Å²) in [4.78, 5) is 2.37. The van der Waals surface area contributed by atoms with Crippen LogP contribution in [-0.4, -0.2) is 25.0 Å². The van der Waals surface area contributed by atoms with Crippen LogP contribution >= 0.6 is 0 Å². The van der Waals surface area contributed by atoms with Crippen molar-refractivity contribution in [3.8, 4) is 0 Å². The zero-order chi connectivity index (χ0) is 12.0. The van der Waals surface area contributed by atoms with Gasteiger partial charge < -0.3 is 10.6 Å². The Hall–Kier alpha value is -0.860. The van der Waals surface area contributed by atoms with Crippen LogP contribution in [0.1, 0.15) is 24.5 Å². The van der Waals surface area contributed by atoms with Crippen LogP contribution in [0.25, 0.3) is 0 Å². The van der Waals surface area contributed by atoms with Gasteiger partial charge in [0.15, 0.2) is 0 Å². The standard InChI is InChI=1S/C14H24N2/c1-12(10-15)8-9-16(3)11-14-7-5-4-6-13(14)2/h4-7,12H,8-11,15H2,1-3H3. The molecule has 2 N–H and O–H groups in total. The van der Waals surface area contributed by atoms with Gasteiger partial charge in [-0.3, -0.25) is 0 Å². The minimum Gasteiger partial charge on any atom is -0.330 e. The number of aryl methyl sites for hydroxylation is 1. The van der Waals surface area contributed by atoms with E-state index >= 15 is 0 Å². The predicted octanol–water partition coefficient (Wildman–Crippen LogP) is 2.41. The molecule has 2 nitrogen and oxygen atoms in total. The Kier molecular flexibility index (Phi) is 5.50. The molecule has 90 valence electrons. The van der Waals surface area contributed by atoms with Crippen molar-refractivity contribution in [1.29, 1.82) is 0 Å². The quantitative estimate of drug-likeness (QED) is 0.797. The van der Waals surface area contributed by atoms with Gasteiger partial charge in [0, 0.05) is 6.54 Å². The zero-order valence-electron chi connectivity index (χ0n) is 10.7. The largest absolute Gasteiger partial charge is 0.330 e. The molecule has 0 saturated carbocycles. The maximum atomic E-state index is 5.62. The van der Waals surface area contributed by atoms with Crippen LogP contribution in [0, 0.1) is 12.8 Å². The van der Waals surface area contributed by atoms with Crippen LogP contribution in [-0.2, 0) is 6.54 Å². The molecule has 2 heteroatoms. The highest BCUT2D eigenvalue weighted by Crippen LogP contribution is 2.10. The molecule has 1 rings (SSSR count). The van der Waals surface area contributed by atoms with E-state index < -0.39 is 0 Å². The Balaban J connectivity index is 2.40. The Bertz CT molecular complexity index is 309. The third-order valence-electron chi connectivity index (χ3n) is 3.11. The molecule has 0 aliphatic heterocycles. The second-order valence-corrected chi connectivity index (χ2v) is 4.79. The van der Waals surface area contributed by atoms with E-state index in [1.807, 2.05) is 0 Å². The fourth-order valence-electron chi connectivity index (χ4n) is 1.72. The first-order valence-electron chi connectivity index (χ1n) is 6.06. The van der Waals surface area contributed by atoms with Gasteiger partial charge in [0.2, 0.25) is 0 Å². The summed E-state index contributed by atoms with van der Waals surface area (Å²) in [6, 6.07) is 8.58. The van der Waals surface area contributed by atoms with E-state index in [4.69, 9.17) is 5.73 Å². The van der Waals surface area contributed by atoms with Crippen LogP contribution in [0.3, 0.4) is 0 Å². The molecule has 0 spiro atoms. The number of nitrogens with two attached hydrogens (primary N) is 1. The third-order valence-corrected chi connectivity index (χ3v) is 3.11. The predicted molar refractivity (Wildman–Crippen MR) is 70.3 cm³/mol. The number of hydrogen-bond donors (Lipinski definition) is 1. The summed E-state index contributed by atoms with van der Waals surface area (Å²) >= 11 is 0. The van der Waals surface area contributed by atoms with E-state index in [9.17, 15) is 0 Å². The molecule has 16 heavy (non-hydrogen) atoms. The first-order valence-corrected chi connectivity index (χ1v) is 6.06. The van der Waals surface area contributed by atoms with Gasteiger partial charge in [-0.05, 0) is 50.5 Å². The van der Waals surface area contributed by atoms with Crippen molar-refractivity contribution in [3.05, 3.63) is 35.4 Å². The molecule has 0 aliphatic carbocycles. The average Bonchev–Trinajstić information content (AvgIpc) is 2.29. The maximum Gasteiger partial charge on any atom is 0.0233 e. The van der Waals surface area contributed by atoms with Crippen LogP contribution in [0.4, 0.5) is 0 Å². The summed E-state index contributed by atoms with van der Waals surface area (Å²) < 4.78 is 0. The van der Waals surface area contributed by atoms with Gasteiger partial charge in [-0.1, -0.05) is 31.2 Å². The molecule has 0 radical (unpaired) electrons. The van der Waals surface area contributed by atoms with Crippen LogP contribution in [0.15, 0.2) is 24.3 Å². The number of nitrogens with zero attached hydrogens (tertiary/aromatic N) is 1. The first kappa shape index (κ1) is 13.2. The van der Waals surface area contributed by atoms with E-state index in [0.717, 1.165) is 19.6 Å². The van der Waals surface area contributed by atoms with Crippen molar-refractivity contribution in [2.75, 3.05) is 20.1 Å². The number of benzene rings is 1. The molecule has 0 bridgehead atoms. The monoisotopic (exact) mass is 220 g/mol. The minimum absolute atomic E-state index is 0.624. The second-order valence-electron chi connectivity index (χ2n) is 4.79. The van der Waals surface area contributed by atoms with Crippen molar-refractivity contribution < 1.29 is 0 Å². The molecule has 0 heterocycles. The molecule has 1 atom stereocenters. The van der Waals surface area contributed by atoms with Crippen LogP contribution < -0.4 is 5.73 Å². The Morgan fingerprint density at radius 3 is 2.62 bits per heavy atom. The normalized spacial score (nSPS) is 13.1. The minimum atomic E-state index is 0.624. The average molecular weight is 220 g/mol. The third kappa shape index (κ3) is 4.33. The summed E-state index contributed by atoms with van der Waals surface area (Å²) in [6.45, 7) is 7.32. The molecule has 0 amide bonds. The van der Waals surface area contributed by atoms with Crippen molar-refractivity contribution >= 4 is 0 Å². The fraction of sp³-hybridized carbons (Fsp3) is 0.571. The number of rotatable bonds is 6. The summed E-state index contributed by atoms with van der Waals surface area (Å²) in [6.07, 6.45) is 1.18. The molecule has 1 unspecified atom stereocenters. The van der Waals surface area contributed by atoms with E-state index in [-0.39, 0.29) is 0 Å². The summed E-state index contributed by atoms with van der Waals surface area (Å²) in [5.74, 6) is 0.624. The van der Waals surface area contributed by atoms with E-state index in [0.29, 0.717) is 5.92 Å². The number of hydrogen-bond acceptors (Lipinski definition) is 2. The summed E-state index contributed by atoms with van der Waals surface area (Å²) in [5.41, 5.74) is 8.41. The molecule has 1 aromatic rings. The first-order chi connectivity index (χ1) is 7.63. The molecule has 0 fully saturated rings. The molecule has 0 aromatic heterocycles. The highest BCUT2D eigenvalue weighted by molar-refractivity contribution is 5.25. The van der Waals surface area contributed by atoms with Crippen LogP contribution in [0.2, 0.25) is 0 Å². The smallest absolute Gasteiger partial charge is 0.0233 e. The Labute approximate surface area is 99.5 Å². The van der Waals surface area contributed by atoms with Crippen LogP contribution in [0.5, 0.6) is 0 Å². The fourth-order valence-corrected chi connectivity index (χ4v) is 1.72. The molecule has 0 aliphatic rings. The lowest BCUT2D eigenvalue weighted by Crippen LogP contribution is -2.23. The van der Waals surface area contributed by atoms with Crippen molar-refractivity contribution in [2.24, 2.45) is 11.7 Å².